The van der Waals surface area contributed by atoms with Crippen molar-refractivity contribution in [2.75, 3.05) is 10.6 Å². The number of rotatable bonds is 6. The minimum Gasteiger partial charge on any atom is -0.487 e. The van der Waals surface area contributed by atoms with E-state index in [0.29, 0.717) is 17.0 Å². The normalized spacial score (nSPS) is 10.6. The Kier molecular flexibility index (Phi) is 5.61. The summed E-state index contributed by atoms with van der Waals surface area (Å²) >= 11 is 0. The minimum atomic E-state index is -0.610. The molecule has 2 aromatic heterocycles. The van der Waals surface area contributed by atoms with Crippen LogP contribution in [0, 0.1) is 5.82 Å². The number of hydrogen-bond donors (Lipinski definition) is 2. The molecule has 2 amide bonds. The fourth-order valence-electron chi connectivity index (χ4n) is 3.04. The lowest BCUT2D eigenvalue weighted by Gasteiger charge is -2.10. The van der Waals surface area contributed by atoms with Crippen LogP contribution in [0.4, 0.5) is 15.8 Å². The highest BCUT2D eigenvalue weighted by Crippen LogP contribution is 2.22. The number of ether oxygens (including phenoxy) is 1. The fourth-order valence-corrected chi connectivity index (χ4v) is 3.04. The van der Waals surface area contributed by atoms with Crippen LogP contribution in [0.15, 0.2) is 73.1 Å². The molecule has 0 saturated carbocycles. The van der Waals surface area contributed by atoms with Crippen LogP contribution in [0.3, 0.4) is 0 Å². The second-order valence-corrected chi connectivity index (χ2v) is 6.84. The molecule has 0 fully saturated rings. The summed E-state index contributed by atoms with van der Waals surface area (Å²) in [4.78, 5) is 28.3. The zero-order valence-corrected chi connectivity index (χ0v) is 16.6. The van der Waals surface area contributed by atoms with Crippen LogP contribution in [0.25, 0.3) is 5.65 Å². The highest BCUT2D eigenvalue weighted by molar-refractivity contribution is 6.05. The lowest BCUT2D eigenvalue weighted by molar-refractivity contribution is -0.114. The van der Waals surface area contributed by atoms with E-state index in [1.807, 2.05) is 35.0 Å². The molecule has 0 radical (unpaired) electrons. The molecule has 156 valence electrons. The van der Waals surface area contributed by atoms with Gasteiger partial charge in [-0.25, -0.2) is 9.37 Å². The molecule has 2 heterocycles. The zero-order chi connectivity index (χ0) is 21.8. The molecule has 4 aromatic rings. The predicted molar refractivity (Wildman–Crippen MR) is 115 cm³/mol. The molecule has 7 nitrogen and oxygen atoms in total. The van der Waals surface area contributed by atoms with E-state index in [1.165, 1.54) is 25.1 Å². The molecule has 2 aromatic carbocycles. The third-order valence-electron chi connectivity index (χ3n) is 4.43. The van der Waals surface area contributed by atoms with E-state index in [-0.39, 0.29) is 18.2 Å². The molecular formula is C23H19FN4O3. The van der Waals surface area contributed by atoms with Crippen molar-refractivity contribution in [3.05, 3.63) is 90.1 Å². The minimum absolute atomic E-state index is 0.0349. The first kappa shape index (κ1) is 20.1. The van der Waals surface area contributed by atoms with Gasteiger partial charge in [0.25, 0.3) is 5.91 Å². The van der Waals surface area contributed by atoms with Crippen LogP contribution in [-0.2, 0) is 11.4 Å². The van der Waals surface area contributed by atoms with Crippen LogP contribution < -0.4 is 15.4 Å². The molecule has 0 unspecified atom stereocenters. The topological polar surface area (TPSA) is 84.7 Å². The van der Waals surface area contributed by atoms with Crippen molar-refractivity contribution in [2.24, 2.45) is 0 Å². The van der Waals surface area contributed by atoms with Crippen LogP contribution in [0.5, 0.6) is 5.75 Å². The first-order chi connectivity index (χ1) is 15.0. The predicted octanol–water partition coefficient (Wildman–Crippen LogP) is 4.26. The van der Waals surface area contributed by atoms with Gasteiger partial charge >= 0.3 is 0 Å². The Bertz CT molecular complexity index is 1240. The third kappa shape index (κ3) is 4.87. The number of imidazole rings is 1. The summed E-state index contributed by atoms with van der Waals surface area (Å²) < 4.78 is 21.8. The summed E-state index contributed by atoms with van der Waals surface area (Å²) in [6.45, 7) is 1.58. The monoisotopic (exact) mass is 418 g/mol. The van der Waals surface area contributed by atoms with E-state index >= 15 is 0 Å². The number of nitrogens with zero attached hydrogens (tertiary/aromatic N) is 2. The molecule has 31 heavy (non-hydrogen) atoms. The van der Waals surface area contributed by atoms with E-state index in [0.717, 1.165) is 11.3 Å². The lowest BCUT2D eigenvalue weighted by Crippen LogP contribution is -2.14. The number of amides is 2. The summed E-state index contributed by atoms with van der Waals surface area (Å²) in [7, 11) is 0. The number of aromatic nitrogens is 2. The molecule has 0 aliphatic rings. The van der Waals surface area contributed by atoms with Gasteiger partial charge in [-0.3, -0.25) is 9.59 Å². The molecule has 0 aliphatic carbocycles. The van der Waals surface area contributed by atoms with E-state index in [1.54, 1.807) is 24.3 Å². The van der Waals surface area contributed by atoms with Gasteiger partial charge < -0.3 is 19.8 Å². The van der Waals surface area contributed by atoms with E-state index in [9.17, 15) is 14.0 Å². The molecule has 0 atom stereocenters. The Balaban J connectivity index is 1.45. The van der Waals surface area contributed by atoms with Gasteiger partial charge in [0, 0.05) is 30.6 Å². The molecule has 0 saturated heterocycles. The van der Waals surface area contributed by atoms with Gasteiger partial charge in [-0.1, -0.05) is 12.1 Å². The molecule has 0 spiro atoms. The van der Waals surface area contributed by atoms with Gasteiger partial charge in [0.15, 0.2) is 0 Å². The quantitative estimate of drug-likeness (QED) is 0.490. The van der Waals surface area contributed by atoms with E-state index in [2.05, 4.69) is 15.6 Å². The van der Waals surface area contributed by atoms with Gasteiger partial charge in [-0.2, -0.15) is 0 Å². The van der Waals surface area contributed by atoms with Gasteiger partial charge in [-0.15, -0.1) is 0 Å². The van der Waals surface area contributed by atoms with Crippen molar-refractivity contribution in [1.82, 2.24) is 9.38 Å². The molecule has 0 bridgehead atoms. The van der Waals surface area contributed by atoms with Crippen molar-refractivity contribution in [1.29, 1.82) is 0 Å². The van der Waals surface area contributed by atoms with Crippen LogP contribution in [-0.4, -0.2) is 21.2 Å². The maximum atomic E-state index is 14.1. The summed E-state index contributed by atoms with van der Waals surface area (Å²) in [5.74, 6) is -0.921. The standard InChI is InChI=1S/C23H19FN4O3/c1-15(29)25-17-8-9-20(24)21(12-17)27-23(30)16-5-4-6-19(11-16)31-14-18-13-28-10-3-2-7-22(28)26-18/h2-13H,14H2,1H3,(H,25,29)(H,27,30). The number of fused-ring (bicyclic) bond motifs is 1. The zero-order valence-electron chi connectivity index (χ0n) is 16.6. The summed E-state index contributed by atoms with van der Waals surface area (Å²) in [5, 5.41) is 5.07. The fraction of sp³-hybridized carbons (Fsp3) is 0.0870. The molecule has 0 aliphatic heterocycles. The maximum Gasteiger partial charge on any atom is 0.255 e. The van der Waals surface area contributed by atoms with E-state index < -0.39 is 11.7 Å². The third-order valence-corrected chi connectivity index (χ3v) is 4.43. The first-order valence-corrected chi connectivity index (χ1v) is 9.52. The first-order valence-electron chi connectivity index (χ1n) is 9.52. The smallest absolute Gasteiger partial charge is 0.255 e. The molecule has 2 N–H and O–H groups in total. The van der Waals surface area contributed by atoms with E-state index in [4.69, 9.17) is 4.74 Å². The highest BCUT2D eigenvalue weighted by atomic mass is 19.1. The van der Waals surface area contributed by atoms with Crippen molar-refractivity contribution in [3.63, 3.8) is 0 Å². The number of anilines is 2. The maximum absolute atomic E-state index is 14.1. The van der Waals surface area contributed by atoms with Gasteiger partial charge in [-0.05, 0) is 48.5 Å². The average Bonchev–Trinajstić information content (AvgIpc) is 3.17. The number of hydrogen-bond acceptors (Lipinski definition) is 4. The van der Waals surface area contributed by atoms with Crippen LogP contribution in [0.1, 0.15) is 23.0 Å². The molecular weight excluding hydrogens is 399 g/mol. The number of carbonyl (C=O) groups is 2. The van der Waals surface area contributed by atoms with Gasteiger partial charge in [0.1, 0.15) is 23.8 Å². The Morgan fingerprint density at radius 3 is 2.74 bits per heavy atom. The number of benzene rings is 2. The Labute approximate surface area is 177 Å². The number of halogens is 1. The molecule has 4 rings (SSSR count). The number of pyridine rings is 1. The lowest BCUT2D eigenvalue weighted by atomic mass is 10.2. The summed E-state index contributed by atoms with van der Waals surface area (Å²) in [6, 6.07) is 16.2. The average molecular weight is 418 g/mol. The Morgan fingerprint density at radius 2 is 1.94 bits per heavy atom. The van der Waals surface area contributed by atoms with Gasteiger partial charge in [0.2, 0.25) is 5.91 Å². The second kappa shape index (κ2) is 8.66. The second-order valence-electron chi connectivity index (χ2n) is 6.84. The molecule has 8 heteroatoms. The van der Waals surface area contributed by atoms with Crippen molar-refractivity contribution < 1.29 is 18.7 Å². The van der Waals surface area contributed by atoms with Crippen LogP contribution in [0.2, 0.25) is 0 Å². The van der Waals surface area contributed by atoms with Crippen molar-refractivity contribution >= 4 is 28.8 Å². The largest absolute Gasteiger partial charge is 0.487 e. The number of nitrogens with one attached hydrogen (secondary N) is 2. The summed E-state index contributed by atoms with van der Waals surface area (Å²) in [5.41, 5.74) is 2.22. The SMILES string of the molecule is CC(=O)Nc1ccc(F)c(NC(=O)c2cccc(OCc3cn4ccccc4n3)c2)c1. The van der Waals surface area contributed by atoms with Crippen molar-refractivity contribution in [2.45, 2.75) is 13.5 Å². The van der Waals surface area contributed by atoms with Gasteiger partial charge in [0.05, 0.1) is 11.4 Å². The van der Waals surface area contributed by atoms with Crippen LogP contribution >= 0.6 is 0 Å². The van der Waals surface area contributed by atoms with Crippen molar-refractivity contribution in [3.8, 4) is 5.75 Å². The number of carbonyl (C=O) groups excluding carboxylic acids is 2. The Morgan fingerprint density at radius 1 is 1.06 bits per heavy atom. The highest BCUT2D eigenvalue weighted by Gasteiger charge is 2.12. The summed E-state index contributed by atoms with van der Waals surface area (Å²) in [6.07, 6.45) is 3.77. The Hall–Kier alpha value is -4.20.